The average molecular weight is 444 g/mol. The van der Waals surface area contributed by atoms with Crippen molar-refractivity contribution in [3.8, 4) is 22.7 Å². The maximum atomic E-state index is 14.7. The Balaban J connectivity index is 0.00000231. The van der Waals surface area contributed by atoms with Crippen LogP contribution in [0.1, 0.15) is 26.3 Å². The Morgan fingerprint density at radius 2 is 2.00 bits per heavy atom. The van der Waals surface area contributed by atoms with E-state index < -0.39 is 6.17 Å². The van der Waals surface area contributed by atoms with Crippen molar-refractivity contribution in [3.63, 3.8) is 0 Å². The molecule has 0 bridgehead atoms. The second-order valence-electron chi connectivity index (χ2n) is 8.33. The highest BCUT2D eigenvalue weighted by molar-refractivity contribution is 5.85. The van der Waals surface area contributed by atoms with E-state index >= 15 is 0 Å². The van der Waals surface area contributed by atoms with E-state index in [0.29, 0.717) is 35.6 Å². The molecule has 0 amide bonds. The number of rotatable bonds is 3. The summed E-state index contributed by atoms with van der Waals surface area (Å²) in [7, 11) is 0. The van der Waals surface area contributed by atoms with Gasteiger partial charge < -0.3 is 15.0 Å². The Labute approximate surface area is 184 Å². The van der Waals surface area contributed by atoms with E-state index in [-0.39, 0.29) is 29.7 Å². The van der Waals surface area contributed by atoms with Crippen molar-refractivity contribution in [1.29, 1.82) is 0 Å². The van der Waals surface area contributed by atoms with Crippen LogP contribution < -0.4 is 5.32 Å². The molecule has 0 radical (unpaired) electrons. The molecule has 1 aliphatic heterocycles. The van der Waals surface area contributed by atoms with Crippen LogP contribution in [0.25, 0.3) is 28.0 Å². The van der Waals surface area contributed by atoms with Gasteiger partial charge >= 0.3 is 0 Å². The Morgan fingerprint density at radius 3 is 2.74 bits per heavy atom. The standard InChI is InChI=1S/C21H22FN7O.ClH/c1-21(2)11-18(16(22)12-23-21)28-7-5-13-9-17(25-26-20(13)28)15-4-3-14(10-19(15)30)29-8-6-24-27-29;/h3-10,16,18,23,30H,11-12H2,1-2H3;1H/t16-,18+;/m1./s1. The normalized spacial score (nSPS) is 20.5. The van der Waals surface area contributed by atoms with Crippen LogP contribution in [-0.2, 0) is 0 Å². The van der Waals surface area contributed by atoms with Gasteiger partial charge in [-0.1, -0.05) is 5.21 Å². The number of benzene rings is 1. The predicted octanol–water partition coefficient (Wildman–Crippen LogP) is 3.46. The number of piperidine rings is 1. The smallest absolute Gasteiger partial charge is 0.162 e. The summed E-state index contributed by atoms with van der Waals surface area (Å²) in [5.41, 5.74) is 2.30. The predicted molar refractivity (Wildman–Crippen MR) is 117 cm³/mol. The summed E-state index contributed by atoms with van der Waals surface area (Å²) >= 11 is 0. The number of hydrogen-bond acceptors (Lipinski definition) is 6. The fourth-order valence-electron chi connectivity index (χ4n) is 4.08. The van der Waals surface area contributed by atoms with Gasteiger partial charge in [0.2, 0.25) is 0 Å². The molecular formula is C21H23ClFN7O. The molecule has 3 aromatic heterocycles. The van der Waals surface area contributed by atoms with Crippen LogP contribution in [0.3, 0.4) is 0 Å². The lowest BCUT2D eigenvalue weighted by molar-refractivity contribution is 0.125. The number of fused-ring (bicyclic) bond motifs is 1. The lowest BCUT2D eigenvalue weighted by Gasteiger charge is -2.39. The van der Waals surface area contributed by atoms with Gasteiger partial charge in [-0.05, 0) is 44.5 Å². The third-order valence-corrected chi connectivity index (χ3v) is 5.68. The van der Waals surface area contributed by atoms with E-state index in [0.717, 1.165) is 5.39 Å². The SMILES string of the molecule is CC1(C)C[C@H](n2ccc3cc(-c4ccc(-n5ccnn5)cc4O)nnc32)[C@H](F)CN1.Cl. The summed E-state index contributed by atoms with van der Waals surface area (Å²) < 4.78 is 18.1. The zero-order valence-corrected chi connectivity index (χ0v) is 17.9. The fourth-order valence-corrected chi connectivity index (χ4v) is 4.08. The van der Waals surface area contributed by atoms with E-state index in [1.165, 1.54) is 0 Å². The lowest BCUT2D eigenvalue weighted by atomic mass is 9.88. The molecule has 1 fully saturated rings. The van der Waals surface area contributed by atoms with Gasteiger partial charge in [0, 0.05) is 35.3 Å². The second-order valence-corrected chi connectivity index (χ2v) is 8.33. The maximum absolute atomic E-state index is 14.7. The highest BCUT2D eigenvalue weighted by Crippen LogP contribution is 2.34. The van der Waals surface area contributed by atoms with E-state index in [9.17, 15) is 9.50 Å². The Hall–Kier alpha value is -3.04. The maximum Gasteiger partial charge on any atom is 0.162 e. The summed E-state index contributed by atoms with van der Waals surface area (Å²) in [6, 6.07) is 8.68. The average Bonchev–Trinajstić information content (AvgIpc) is 3.39. The van der Waals surface area contributed by atoms with E-state index in [2.05, 4.69) is 39.7 Å². The number of halogens is 2. The third kappa shape index (κ3) is 3.86. The zero-order valence-electron chi connectivity index (χ0n) is 17.1. The van der Waals surface area contributed by atoms with Gasteiger partial charge in [-0.2, -0.15) is 0 Å². The van der Waals surface area contributed by atoms with Gasteiger partial charge in [-0.3, -0.25) is 0 Å². The van der Waals surface area contributed by atoms with Crippen molar-refractivity contribution in [3.05, 3.63) is 48.9 Å². The number of phenols is 1. The minimum absolute atomic E-state index is 0. The van der Waals surface area contributed by atoms with Crippen LogP contribution in [0.4, 0.5) is 4.39 Å². The summed E-state index contributed by atoms with van der Waals surface area (Å²) in [5, 5.41) is 31.0. The van der Waals surface area contributed by atoms with Gasteiger partial charge in [-0.25, -0.2) is 9.07 Å². The molecule has 0 unspecified atom stereocenters. The van der Waals surface area contributed by atoms with Crippen molar-refractivity contribution >= 4 is 23.4 Å². The highest BCUT2D eigenvalue weighted by Gasteiger charge is 2.36. The molecule has 1 aliphatic rings. The topological polar surface area (TPSA) is 93.7 Å². The number of phenolic OH excluding ortho intramolecular Hbond substituents is 1. The first-order valence-electron chi connectivity index (χ1n) is 9.85. The second kappa shape index (κ2) is 7.90. The molecule has 5 rings (SSSR count). The molecule has 0 saturated carbocycles. The van der Waals surface area contributed by atoms with E-state index in [1.54, 1.807) is 29.2 Å². The monoisotopic (exact) mass is 443 g/mol. The van der Waals surface area contributed by atoms with Crippen LogP contribution in [0.5, 0.6) is 5.75 Å². The van der Waals surface area contributed by atoms with Crippen LogP contribution in [0.15, 0.2) is 48.9 Å². The first-order chi connectivity index (χ1) is 14.4. The summed E-state index contributed by atoms with van der Waals surface area (Å²) in [4.78, 5) is 0. The van der Waals surface area contributed by atoms with Gasteiger partial charge in [-0.15, -0.1) is 27.7 Å². The summed E-state index contributed by atoms with van der Waals surface area (Å²) in [6.07, 6.45) is 4.80. The van der Waals surface area contributed by atoms with Gasteiger partial charge in [0.1, 0.15) is 11.9 Å². The van der Waals surface area contributed by atoms with Crippen molar-refractivity contribution in [2.45, 2.75) is 38.0 Å². The van der Waals surface area contributed by atoms with E-state index in [1.807, 2.05) is 29.0 Å². The molecular weight excluding hydrogens is 421 g/mol. The fraction of sp³-hybridized carbons (Fsp3) is 0.333. The highest BCUT2D eigenvalue weighted by atomic mass is 35.5. The number of nitrogens with one attached hydrogen (secondary N) is 1. The first kappa shape index (κ1) is 21.2. The van der Waals surface area contributed by atoms with Gasteiger partial charge in [0.25, 0.3) is 0 Å². The quantitative estimate of drug-likeness (QED) is 0.503. The van der Waals surface area contributed by atoms with Crippen LogP contribution in [-0.4, -0.2) is 53.1 Å². The molecule has 31 heavy (non-hydrogen) atoms. The largest absolute Gasteiger partial charge is 0.507 e. The lowest BCUT2D eigenvalue weighted by Crippen LogP contribution is -2.52. The van der Waals surface area contributed by atoms with E-state index in [4.69, 9.17) is 0 Å². The third-order valence-electron chi connectivity index (χ3n) is 5.68. The minimum atomic E-state index is -0.997. The van der Waals surface area contributed by atoms with Crippen LogP contribution >= 0.6 is 12.4 Å². The Morgan fingerprint density at radius 1 is 1.16 bits per heavy atom. The number of nitrogens with zero attached hydrogens (tertiary/aromatic N) is 6. The molecule has 1 saturated heterocycles. The summed E-state index contributed by atoms with van der Waals surface area (Å²) in [5.74, 6) is 0.0695. The molecule has 4 heterocycles. The van der Waals surface area contributed by atoms with Crippen molar-refractivity contribution in [2.24, 2.45) is 0 Å². The first-order valence-corrected chi connectivity index (χ1v) is 9.85. The van der Waals surface area contributed by atoms with Crippen LogP contribution in [0, 0.1) is 0 Å². The minimum Gasteiger partial charge on any atom is -0.507 e. The van der Waals surface area contributed by atoms with Crippen LogP contribution in [0.2, 0.25) is 0 Å². The van der Waals surface area contributed by atoms with Crippen molar-refractivity contribution in [2.75, 3.05) is 6.54 Å². The van der Waals surface area contributed by atoms with Gasteiger partial charge in [0.05, 0.1) is 29.8 Å². The molecule has 1 aromatic carbocycles. The molecule has 162 valence electrons. The van der Waals surface area contributed by atoms with Crippen molar-refractivity contribution < 1.29 is 9.50 Å². The molecule has 0 aliphatic carbocycles. The van der Waals surface area contributed by atoms with Crippen molar-refractivity contribution in [1.82, 2.24) is 35.1 Å². The molecule has 8 nitrogen and oxygen atoms in total. The summed E-state index contributed by atoms with van der Waals surface area (Å²) in [6.45, 7) is 4.47. The molecule has 2 atom stereocenters. The molecule has 10 heteroatoms. The Kier molecular flexibility index (Phi) is 5.40. The Bertz CT molecular complexity index is 1210. The number of aromatic hydroxyl groups is 1. The molecule has 4 aromatic rings. The number of hydrogen-bond donors (Lipinski definition) is 2. The molecule has 2 N–H and O–H groups in total. The number of alkyl halides is 1. The number of aromatic nitrogens is 6. The zero-order chi connectivity index (χ0) is 20.9. The van der Waals surface area contributed by atoms with Gasteiger partial charge in [0.15, 0.2) is 5.65 Å². The molecule has 0 spiro atoms.